The van der Waals surface area contributed by atoms with Gasteiger partial charge in [-0.1, -0.05) is 18.0 Å². The smallest absolute Gasteiger partial charge is 0.321 e. The molecular weight excluding hydrogens is 250 g/mol. The van der Waals surface area contributed by atoms with Gasteiger partial charge in [0.25, 0.3) is 0 Å². The summed E-state index contributed by atoms with van der Waals surface area (Å²) in [7, 11) is 0. The van der Waals surface area contributed by atoms with Crippen LogP contribution < -0.4 is 5.32 Å². The van der Waals surface area contributed by atoms with Crippen LogP contribution in [0.4, 0.5) is 10.5 Å². The molecule has 2 aliphatic rings. The summed E-state index contributed by atoms with van der Waals surface area (Å²) in [5.74, 6) is 0. The van der Waals surface area contributed by atoms with Crippen LogP contribution in [0.5, 0.6) is 0 Å². The molecule has 5 heteroatoms. The Balaban J connectivity index is 1.60. The Bertz CT molecular complexity index is 456. The van der Waals surface area contributed by atoms with Crippen LogP contribution in [0, 0.1) is 5.41 Å². The van der Waals surface area contributed by atoms with E-state index in [1.807, 2.05) is 4.90 Å². The van der Waals surface area contributed by atoms with Gasteiger partial charge >= 0.3 is 6.03 Å². The zero-order chi connectivity index (χ0) is 12.6. The van der Waals surface area contributed by atoms with E-state index in [2.05, 4.69) is 10.3 Å². The van der Waals surface area contributed by atoms with Crippen LogP contribution in [-0.4, -0.2) is 29.0 Å². The van der Waals surface area contributed by atoms with Gasteiger partial charge in [0, 0.05) is 13.1 Å². The van der Waals surface area contributed by atoms with E-state index in [9.17, 15) is 4.79 Å². The van der Waals surface area contributed by atoms with E-state index in [4.69, 9.17) is 11.6 Å². The van der Waals surface area contributed by atoms with Crippen LogP contribution in [0.15, 0.2) is 18.3 Å². The highest BCUT2D eigenvalue weighted by Crippen LogP contribution is 2.47. The summed E-state index contributed by atoms with van der Waals surface area (Å²) in [5, 5.41) is 3.30. The second kappa shape index (κ2) is 4.43. The second-order valence-corrected chi connectivity index (χ2v) is 5.71. The number of likely N-dealkylation sites (tertiary alicyclic amines) is 1. The van der Waals surface area contributed by atoms with Gasteiger partial charge in [-0.3, -0.25) is 0 Å². The molecule has 0 aromatic carbocycles. The molecule has 1 aromatic rings. The molecule has 0 bridgehead atoms. The summed E-state index contributed by atoms with van der Waals surface area (Å²) in [4.78, 5) is 17.9. The largest absolute Gasteiger partial charge is 0.324 e. The second-order valence-electron chi connectivity index (χ2n) is 5.32. The van der Waals surface area contributed by atoms with Gasteiger partial charge in [0.2, 0.25) is 0 Å². The molecule has 2 amide bonds. The molecule has 1 N–H and O–H groups in total. The normalized spacial score (nSPS) is 20.8. The van der Waals surface area contributed by atoms with Gasteiger partial charge in [0.15, 0.2) is 0 Å². The van der Waals surface area contributed by atoms with Crippen LogP contribution in [0.25, 0.3) is 0 Å². The molecule has 0 atom stereocenters. The first-order valence-corrected chi connectivity index (χ1v) is 6.72. The van der Waals surface area contributed by atoms with Gasteiger partial charge in [0.05, 0.1) is 11.9 Å². The number of carbonyl (C=O) groups excluding carboxylic acids is 1. The Morgan fingerprint density at radius 1 is 1.39 bits per heavy atom. The lowest BCUT2D eigenvalue weighted by molar-refractivity contribution is 0.144. The lowest BCUT2D eigenvalue weighted by Gasteiger charge is -2.37. The Morgan fingerprint density at radius 2 is 2.22 bits per heavy atom. The first-order chi connectivity index (χ1) is 8.67. The van der Waals surface area contributed by atoms with Gasteiger partial charge in [-0.15, -0.1) is 0 Å². The molecule has 1 aliphatic heterocycles. The van der Waals surface area contributed by atoms with E-state index in [0.29, 0.717) is 16.3 Å². The van der Waals surface area contributed by atoms with Gasteiger partial charge < -0.3 is 10.2 Å². The number of urea groups is 1. The minimum absolute atomic E-state index is 0.0251. The third-order valence-electron chi connectivity index (χ3n) is 4.12. The molecule has 0 radical (unpaired) electrons. The lowest BCUT2D eigenvalue weighted by atomic mass is 9.68. The highest BCUT2D eigenvalue weighted by molar-refractivity contribution is 6.29. The molecule has 0 unspecified atom stereocenters. The average Bonchev–Trinajstić information content (AvgIpc) is 2.77. The summed E-state index contributed by atoms with van der Waals surface area (Å²) in [6.45, 7) is 1.77. The minimum atomic E-state index is -0.0251. The number of nitrogens with zero attached hydrogens (tertiary/aromatic N) is 2. The maximum atomic E-state index is 12.1. The third-order valence-corrected chi connectivity index (χ3v) is 4.34. The van der Waals surface area contributed by atoms with E-state index in [-0.39, 0.29) is 6.03 Å². The topological polar surface area (TPSA) is 45.2 Å². The van der Waals surface area contributed by atoms with Gasteiger partial charge in [0.1, 0.15) is 5.15 Å². The van der Waals surface area contributed by atoms with Crippen LogP contribution in [0.1, 0.15) is 25.7 Å². The molecule has 1 aromatic heterocycles. The predicted molar refractivity (Wildman–Crippen MR) is 70.7 cm³/mol. The van der Waals surface area contributed by atoms with E-state index in [0.717, 1.165) is 19.5 Å². The molecule has 18 heavy (non-hydrogen) atoms. The van der Waals surface area contributed by atoms with Gasteiger partial charge in [-0.05, 0) is 36.8 Å². The molecule has 1 saturated heterocycles. The zero-order valence-corrected chi connectivity index (χ0v) is 10.9. The fraction of sp³-hybridized carbons (Fsp3) is 0.538. The summed E-state index contributed by atoms with van der Waals surface area (Å²) >= 11 is 5.70. The number of hydrogen-bond acceptors (Lipinski definition) is 2. The highest BCUT2D eigenvalue weighted by Gasteiger charge is 2.44. The Labute approximate surface area is 111 Å². The lowest BCUT2D eigenvalue weighted by Crippen LogP contribution is -2.37. The maximum absolute atomic E-state index is 12.1. The molecule has 2 heterocycles. The van der Waals surface area contributed by atoms with Crippen molar-refractivity contribution in [1.29, 1.82) is 0 Å². The van der Waals surface area contributed by atoms with Crippen molar-refractivity contribution in [2.45, 2.75) is 25.7 Å². The van der Waals surface area contributed by atoms with Crippen molar-refractivity contribution in [3.05, 3.63) is 23.5 Å². The van der Waals surface area contributed by atoms with Crippen molar-refractivity contribution in [2.75, 3.05) is 18.4 Å². The molecule has 96 valence electrons. The van der Waals surface area contributed by atoms with Gasteiger partial charge in [-0.2, -0.15) is 0 Å². The molecule has 3 rings (SSSR count). The van der Waals surface area contributed by atoms with Crippen molar-refractivity contribution >= 4 is 23.3 Å². The number of halogens is 1. The summed E-state index contributed by atoms with van der Waals surface area (Å²) in [6.07, 6.45) is 6.60. The fourth-order valence-electron chi connectivity index (χ4n) is 2.85. The number of nitrogens with one attached hydrogen (secondary N) is 1. The number of anilines is 1. The summed E-state index contributed by atoms with van der Waals surface area (Å²) in [6, 6.07) is 3.42. The SMILES string of the molecule is O=C(Nc1ccc(Cl)nc1)N1CCC2(CCC2)C1. The van der Waals surface area contributed by atoms with Crippen molar-refractivity contribution in [3.8, 4) is 0 Å². The number of aromatic nitrogens is 1. The Kier molecular flexibility index (Phi) is 2.90. The van der Waals surface area contributed by atoms with E-state index >= 15 is 0 Å². The minimum Gasteiger partial charge on any atom is -0.324 e. The molecule has 1 saturated carbocycles. The van der Waals surface area contributed by atoms with Crippen LogP contribution >= 0.6 is 11.6 Å². The highest BCUT2D eigenvalue weighted by atomic mass is 35.5. The number of rotatable bonds is 1. The number of amides is 2. The van der Waals surface area contributed by atoms with E-state index in [1.165, 1.54) is 19.3 Å². The van der Waals surface area contributed by atoms with Crippen molar-refractivity contribution < 1.29 is 4.79 Å². The number of hydrogen-bond donors (Lipinski definition) is 1. The number of pyridine rings is 1. The first-order valence-electron chi connectivity index (χ1n) is 6.34. The standard InChI is InChI=1S/C13H16ClN3O/c14-11-3-2-10(8-15-11)16-12(18)17-7-6-13(9-17)4-1-5-13/h2-3,8H,1,4-7,9H2,(H,16,18). The van der Waals surface area contributed by atoms with Crippen molar-refractivity contribution in [3.63, 3.8) is 0 Å². The van der Waals surface area contributed by atoms with E-state index in [1.54, 1.807) is 18.3 Å². The van der Waals surface area contributed by atoms with Gasteiger partial charge in [-0.25, -0.2) is 9.78 Å². The molecule has 1 aliphatic carbocycles. The summed E-state index contributed by atoms with van der Waals surface area (Å²) in [5.41, 5.74) is 1.13. The van der Waals surface area contributed by atoms with Crippen LogP contribution in [0.2, 0.25) is 5.15 Å². The fourth-order valence-corrected chi connectivity index (χ4v) is 2.96. The maximum Gasteiger partial charge on any atom is 0.321 e. The molecule has 4 nitrogen and oxygen atoms in total. The Hall–Kier alpha value is -1.29. The summed E-state index contributed by atoms with van der Waals surface area (Å²) < 4.78 is 0. The molecule has 1 spiro atoms. The third kappa shape index (κ3) is 2.17. The average molecular weight is 266 g/mol. The Morgan fingerprint density at radius 3 is 2.78 bits per heavy atom. The monoisotopic (exact) mass is 265 g/mol. The van der Waals surface area contributed by atoms with Crippen molar-refractivity contribution in [2.24, 2.45) is 5.41 Å². The molecule has 2 fully saturated rings. The number of carbonyl (C=O) groups is 1. The zero-order valence-electron chi connectivity index (χ0n) is 10.2. The van der Waals surface area contributed by atoms with E-state index < -0.39 is 0 Å². The molecular formula is C13H16ClN3O. The van der Waals surface area contributed by atoms with Crippen LogP contribution in [-0.2, 0) is 0 Å². The first kappa shape index (κ1) is 11.8. The van der Waals surface area contributed by atoms with Crippen LogP contribution in [0.3, 0.4) is 0 Å². The quantitative estimate of drug-likeness (QED) is 0.793. The predicted octanol–water partition coefficient (Wildman–Crippen LogP) is 3.14. The van der Waals surface area contributed by atoms with Crippen molar-refractivity contribution in [1.82, 2.24) is 9.88 Å².